The number of carbonyl (C=O) groups is 1. The van der Waals surface area contributed by atoms with E-state index in [1.54, 1.807) is 11.9 Å². The van der Waals surface area contributed by atoms with E-state index in [2.05, 4.69) is 38.2 Å². The number of anilines is 1. The Labute approximate surface area is 110 Å². The number of nitrogens with zero attached hydrogens (tertiary/aromatic N) is 1. The standard InChI is InChI=1S/C15H24N2O/c1-11-9-12(15(2,3)4)7-8-13(11)17(6)14(18)10-16-5/h7-9,16H,10H2,1-6H3. The van der Waals surface area contributed by atoms with E-state index < -0.39 is 0 Å². The second-order valence-corrected chi connectivity index (χ2v) is 5.73. The molecule has 1 rings (SSSR count). The summed E-state index contributed by atoms with van der Waals surface area (Å²) in [4.78, 5) is 13.5. The van der Waals surface area contributed by atoms with Crippen LogP contribution >= 0.6 is 0 Å². The zero-order valence-electron chi connectivity index (χ0n) is 12.3. The van der Waals surface area contributed by atoms with Crippen LogP contribution in [0.3, 0.4) is 0 Å². The number of benzene rings is 1. The van der Waals surface area contributed by atoms with Crippen molar-refractivity contribution in [3.63, 3.8) is 0 Å². The molecule has 1 amide bonds. The van der Waals surface area contributed by atoms with Gasteiger partial charge in [-0.1, -0.05) is 32.9 Å². The molecule has 0 aromatic heterocycles. The summed E-state index contributed by atoms with van der Waals surface area (Å²) in [5.41, 5.74) is 3.53. The first-order chi connectivity index (χ1) is 8.27. The summed E-state index contributed by atoms with van der Waals surface area (Å²) in [6.07, 6.45) is 0. The molecule has 0 aliphatic rings. The van der Waals surface area contributed by atoms with Gasteiger partial charge in [0, 0.05) is 12.7 Å². The van der Waals surface area contributed by atoms with E-state index in [0.29, 0.717) is 6.54 Å². The lowest BCUT2D eigenvalue weighted by molar-refractivity contribution is -0.117. The van der Waals surface area contributed by atoms with Gasteiger partial charge in [-0.15, -0.1) is 0 Å². The first-order valence-electron chi connectivity index (χ1n) is 6.29. The summed E-state index contributed by atoms with van der Waals surface area (Å²) >= 11 is 0. The van der Waals surface area contributed by atoms with Gasteiger partial charge in [-0.05, 0) is 36.6 Å². The van der Waals surface area contributed by atoms with Gasteiger partial charge < -0.3 is 10.2 Å². The van der Waals surface area contributed by atoms with E-state index in [4.69, 9.17) is 0 Å². The number of rotatable bonds is 3. The van der Waals surface area contributed by atoms with Crippen molar-refractivity contribution >= 4 is 11.6 Å². The Morgan fingerprint density at radius 3 is 2.39 bits per heavy atom. The maximum atomic E-state index is 11.8. The van der Waals surface area contributed by atoms with Crippen LogP contribution in [0.5, 0.6) is 0 Å². The van der Waals surface area contributed by atoms with Gasteiger partial charge in [-0.25, -0.2) is 0 Å². The third kappa shape index (κ3) is 3.33. The molecular formula is C15H24N2O. The van der Waals surface area contributed by atoms with Crippen LogP contribution in [-0.4, -0.2) is 26.5 Å². The molecule has 0 saturated heterocycles. The van der Waals surface area contributed by atoms with E-state index in [1.807, 2.05) is 20.0 Å². The summed E-state index contributed by atoms with van der Waals surface area (Å²) in [5.74, 6) is 0.0732. The number of aryl methyl sites for hydroxylation is 1. The lowest BCUT2D eigenvalue weighted by Gasteiger charge is -2.24. The predicted octanol–water partition coefficient (Wildman–Crippen LogP) is 2.47. The van der Waals surface area contributed by atoms with Gasteiger partial charge in [-0.2, -0.15) is 0 Å². The highest BCUT2D eigenvalue weighted by atomic mass is 16.2. The summed E-state index contributed by atoms with van der Waals surface area (Å²) in [6, 6.07) is 6.30. The first kappa shape index (κ1) is 14.7. The molecule has 0 spiro atoms. The zero-order chi connectivity index (χ0) is 13.9. The third-order valence-electron chi connectivity index (χ3n) is 3.13. The van der Waals surface area contributed by atoms with E-state index in [-0.39, 0.29) is 11.3 Å². The van der Waals surface area contributed by atoms with Crippen molar-refractivity contribution in [3.05, 3.63) is 29.3 Å². The summed E-state index contributed by atoms with van der Waals surface area (Å²) in [5, 5.41) is 2.88. The van der Waals surface area contributed by atoms with Crippen LogP contribution in [0.15, 0.2) is 18.2 Å². The molecule has 1 aromatic carbocycles. The van der Waals surface area contributed by atoms with E-state index in [0.717, 1.165) is 11.3 Å². The average Bonchev–Trinajstić information content (AvgIpc) is 2.27. The fraction of sp³-hybridized carbons (Fsp3) is 0.533. The summed E-state index contributed by atoms with van der Waals surface area (Å²) < 4.78 is 0. The fourth-order valence-electron chi connectivity index (χ4n) is 1.90. The SMILES string of the molecule is CNCC(=O)N(C)c1ccc(C(C)(C)C)cc1C. The van der Waals surface area contributed by atoms with Crippen LogP contribution in [-0.2, 0) is 10.2 Å². The van der Waals surface area contributed by atoms with Crippen LogP contribution in [0.1, 0.15) is 31.9 Å². The highest BCUT2D eigenvalue weighted by Crippen LogP contribution is 2.27. The van der Waals surface area contributed by atoms with Crippen LogP contribution in [0.2, 0.25) is 0 Å². The van der Waals surface area contributed by atoms with E-state index in [1.165, 1.54) is 5.56 Å². The molecule has 0 aliphatic heterocycles. The highest BCUT2D eigenvalue weighted by Gasteiger charge is 2.17. The molecule has 3 heteroatoms. The highest BCUT2D eigenvalue weighted by molar-refractivity contribution is 5.95. The number of hydrogen-bond donors (Lipinski definition) is 1. The van der Waals surface area contributed by atoms with Gasteiger partial charge in [0.25, 0.3) is 0 Å². The maximum Gasteiger partial charge on any atom is 0.240 e. The zero-order valence-corrected chi connectivity index (χ0v) is 12.3. The van der Waals surface area contributed by atoms with Crippen molar-refractivity contribution < 1.29 is 4.79 Å². The third-order valence-corrected chi connectivity index (χ3v) is 3.13. The molecule has 0 unspecified atom stereocenters. The molecule has 0 fully saturated rings. The number of likely N-dealkylation sites (N-methyl/N-ethyl adjacent to an activating group) is 2. The minimum Gasteiger partial charge on any atom is -0.314 e. The van der Waals surface area contributed by atoms with Gasteiger partial charge in [0.05, 0.1) is 6.54 Å². The van der Waals surface area contributed by atoms with Crippen LogP contribution in [0.4, 0.5) is 5.69 Å². The second kappa shape index (κ2) is 5.53. The predicted molar refractivity (Wildman–Crippen MR) is 77.2 cm³/mol. The molecule has 18 heavy (non-hydrogen) atoms. The van der Waals surface area contributed by atoms with Gasteiger partial charge in [0.2, 0.25) is 5.91 Å². The fourth-order valence-corrected chi connectivity index (χ4v) is 1.90. The molecule has 100 valence electrons. The van der Waals surface area contributed by atoms with Gasteiger partial charge in [-0.3, -0.25) is 4.79 Å². The smallest absolute Gasteiger partial charge is 0.240 e. The molecule has 0 aliphatic carbocycles. The number of amides is 1. The molecule has 0 radical (unpaired) electrons. The maximum absolute atomic E-state index is 11.8. The van der Waals surface area contributed by atoms with Gasteiger partial charge >= 0.3 is 0 Å². The van der Waals surface area contributed by atoms with Crippen LogP contribution in [0.25, 0.3) is 0 Å². The van der Waals surface area contributed by atoms with Crippen molar-refractivity contribution in [2.24, 2.45) is 0 Å². The number of nitrogens with one attached hydrogen (secondary N) is 1. The molecular weight excluding hydrogens is 224 g/mol. The molecule has 0 atom stereocenters. The Kier molecular flexibility index (Phi) is 4.52. The van der Waals surface area contributed by atoms with E-state index >= 15 is 0 Å². The quantitative estimate of drug-likeness (QED) is 0.891. The summed E-state index contributed by atoms with van der Waals surface area (Å²) in [6.45, 7) is 8.98. The monoisotopic (exact) mass is 248 g/mol. The minimum absolute atomic E-state index is 0.0732. The van der Waals surface area contributed by atoms with Gasteiger partial charge in [0.1, 0.15) is 0 Å². The first-order valence-corrected chi connectivity index (χ1v) is 6.29. The molecule has 1 N–H and O–H groups in total. The van der Waals surface area contributed by atoms with Gasteiger partial charge in [0.15, 0.2) is 0 Å². The molecule has 0 bridgehead atoms. The lowest BCUT2D eigenvalue weighted by atomic mass is 9.86. The Hall–Kier alpha value is -1.35. The Morgan fingerprint density at radius 1 is 1.33 bits per heavy atom. The Bertz CT molecular complexity index is 433. The molecule has 1 aromatic rings. The number of hydrogen-bond acceptors (Lipinski definition) is 2. The Morgan fingerprint density at radius 2 is 1.94 bits per heavy atom. The lowest BCUT2D eigenvalue weighted by Crippen LogP contribution is -2.34. The normalized spacial score (nSPS) is 11.4. The largest absolute Gasteiger partial charge is 0.314 e. The van der Waals surface area contributed by atoms with Crippen molar-refractivity contribution in [2.45, 2.75) is 33.1 Å². The van der Waals surface area contributed by atoms with Crippen molar-refractivity contribution in [1.29, 1.82) is 0 Å². The van der Waals surface area contributed by atoms with Crippen molar-refractivity contribution in [2.75, 3.05) is 25.5 Å². The molecule has 0 heterocycles. The molecule has 0 saturated carbocycles. The summed E-state index contributed by atoms with van der Waals surface area (Å²) in [7, 11) is 3.60. The van der Waals surface area contributed by atoms with Crippen molar-refractivity contribution in [3.8, 4) is 0 Å². The minimum atomic E-state index is 0.0732. The second-order valence-electron chi connectivity index (χ2n) is 5.73. The average molecular weight is 248 g/mol. The number of carbonyl (C=O) groups excluding carboxylic acids is 1. The Balaban J connectivity index is 3.02. The van der Waals surface area contributed by atoms with Crippen LogP contribution < -0.4 is 10.2 Å². The van der Waals surface area contributed by atoms with Crippen LogP contribution in [0, 0.1) is 6.92 Å². The molecule has 3 nitrogen and oxygen atoms in total. The topological polar surface area (TPSA) is 32.3 Å². The van der Waals surface area contributed by atoms with Crippen molar-refractivity contribution in [1.82, 2.24) is 5.32 Å². The van der Waals surface area contributed by atoms with E-state index in [9.17, 15) is 4.79 Å².